The quantitative estimate of drug-likeness (QED) is 0.218. The monoisotopic (exact) mass is 516 g/mol. The Kier molecular flexibility index (Phi) is 8.65. The molecule has 0 spiro atoms. The van der Waals surface area contributed by atoms with E-state index >= 15 is 0 Å². The molecule has 1 aliphatic rings. The van der Waals surface area contributed by atoms with Gasteiger partial charge in [0.15, 0.2) is 0 Å². The number of hydrogen-bond donors (Lipinski definition) is 1. The van der Waals surface area contributed by atoms with Gasteiger partial charge in [0.2, 0.25) is 0 Å². The maximum absolute atomic E-state index is 3.69. The highest BCUT2D eigenvalue weighted by molar-refractivity contribution is 5.54. The van der Waals surface area contributed by atoms with Gasteiger partial charge in [-0.25, -0.2) is 0 Å². The number of hydrogen-bond acceptors (Lipinski definition) is 2. The van der Waals surface area contributed by atoms with E-state index in [1.54, 1.807) is 0 Å². The molecule has 1 saturated heterocycles. The van der Waals surface area contributed by atoms with Crippen molar-refractivity contribution in [2.75, 3.05) is 32.7 Å². The molecule has 0 amide bonds. The second-order valence-electron chi connectivity index (χ2n) is 11.4. The molecule has 0 atom stereocenters. The number of aryl methyl sites for hydroxylation is 1. The van der Waals surface area contributed by atoms with Gasteiger partial charge in [0.1, 0.15) is 0 Å². The summed E-state index contributed by atoms with van der Waals surface area (Å²) in [5.74, 6) is 0. The predicted molar refractivity (Wildman–Crippen MR) is 166 cm³/mol. The van der Waals surface area contributed by atoms with Crippen LogP contribution in [0.5, 0.6) is 0 Å². The Labute approximate surface area is 236 Å². The number of benzene rings is 4. The smallest absolute Gasteiger partial charge is 0.0466 e. The first-order valence-corrected chi connectivity index (χ1v) is 14.8. The van der Waals surface area contributed by atoms with E-state index < -0.39 is 0 Å². The second kappa shape index (κ2) is 12.3. The summed E-state index contributed by atoms with van der Waals surface area (Å²) < 4.78 is 0. The SMILES string of the molecule is CCNCC1(c2ccccc2)CCN(CCC(c2ccccc2)(c2ccccc2)c2cccc(C)c2C)CC1. The maximum Gasteiger partial charge on any atom is 0.0466 e. The lowest BCUT2D eigenvalue weighted by atomic mass is 9.65. The summed E-state index contributed by atoms with van der Waals surface area (Å²) >= 11 is 0. The Bertz CT molecular complexity index is 1270. The molecule has 202 valence electrons. The number of nitrogens with zero attached hydrogens (tertiary/aromatic N) is 1. The summed E-state index contributed by atoms with van der Waals surface area (Å²) in [5, 5.41) is 3.69. The topological polar surface area (TPSA) is 15.3 Å². The fraction of sp³-hybridized carbons (Fsp3) is 0.351. The fourth-order valence-electron chi connectivity index (χ4n) is 6.81. The van der Waals surface area contributed by atoms with Crippen LogP contribution in [-0.2, 0) is 10.8 Å². The van der Waals surface area contributed by atoms with Gasteiger partial charge in [-0.3, -0.25) is 0 Å². The normalized spacial score (nSPS) is 15.8. The van der Waals surface area contributed by atoms with Gasteiger partial charge in [0.05, 0.1) is 0 Å². The van der Waals surface area contributed by atoms with Crippen LogP contribution in [0.2, 0.25) is 0 Å². The van der Waals surface area contributed by atoms with Crippen LogP contribution in [0.25, 0.3) is 0 Å². The van der Waals surface area contributed by atoms with Crippen molar-refractivity contribution in [3.63, 3.8) is 0 Å². The molecule has 2 heteroatoms. The van der Waals surface area contributed by atoms with Crippen LogP contribution in [0.3, 0.4) is 0 Å². The van der Waals surface area contributed by atoms with Crippen LogP contribution in [-0.4, -0.2) is 37.6 Å². The van der Waals surface area contributed by atoms with Gasteiger partial charge >= 0.3 is 0 Å². The minimum atomic E-state index is -0.198. The Morgan fingerprint density at radius 2 is 1.28 bits per heavy atom. The molecule has 2 nitrogen and oxygen atoms in total. The highest BCUT2D eigenvalue weighted by Crippen LogP contribution is 2.45. The zero-order valence-electron chi connectivity index (χ0n) is 24.0. The molecular weight excluding hydrogens is 472 g/mol. The summed E-state index contributed by atoms with van der Waals surface area (Å²) in [7, 11) is 0. The number of likely N-dealkylation sites (tertiary alicyclic amines) is 1. The Hall–Kier alpha value is -3.20. The summed E-state index contributed by atoms with van der Waals surface area (Å²) in [6.45, 7) is 12.2. The molecule has 4 aromatic rings. The van der Waals surface area contributed by atoms with Crippen molar-refractivity contribution in [3.8, 4) is 0 Å². The Morgan fingerprint density at radius 3 is 1.85 bits per heavy atom. The minimum Gasteiger partial charge on any atom is -0.316 e. The maximum atomic E-state index is 3.69. The van der Waals surface area contributed by atoms with Gasteiger partial charge < -0.3 is 10.2 Å². The highest BCUT2D eigenvalue weighted by Gasteiger charge is 2.40. The molecule has 0 bridgehead atoms. The Morgan fingerprint density at radius 1 is 0.718 bits per heavy atom. The van der Waals surface area contributed by atoms with Gasteiger partial charge in [-0.1, -0.05) is 116 Å². The van der Waals surface area contributed by atoms with Crippen LogP contribution in [0, 0.1) is 13.8 Å². The Balaban J connectivity index is 1.47. The molecule has 0 saturated carbocycles. The molecule has 4 aromatic carbocycles. The van der Waals surface area contributed by atoms with Gasteiger partial charge in [-0.05, 0) is 92.7 Å². The van der Waals surface area contributed by atoms with E-state index in [1.807, 2.05) is 0 Å². The number of rotatable bonds is 10. The van der Waals surface area contributed by atoms with E-state index in [2.05, 4.69) is 140 Å². The number of piperidine rings is 1. The summed E-state index contributed by atoms with van der Waals surface area (Å²) in [4.78, 5) is 2.72. The van der Waals surface area contributed by atoms with Gasteiger partial charge in [0, 0.05) is 17.4 Å². The molecule has 5 rings (SSSR count). The first-order valence-electron chi connectivity index (χ1n) is 14.8. The zero-order valence-corrected chi connectivity index (χ0v) is 24.0. The first-order chi connectivity index (χ1) is 19.1. The predicted octanol–water partition coefficient (Wildman–Crippen LogP) is 7.67. The largest absolute Gasteiger partial charge is 0.316 e. The fourth-order valence-corrected chi connectivity index (χ4v) is 6.81. The molecule has 0 radical (unpaired) electrons. The van der Waals surface area contributed by atoms with Crippen molar-refractivity contribution in [1.29, 1.82) is 0 Å². The molecule has 39 heavy (non-hydrogen) atoms. The summed E-state index contributed by atoms with van der Waals surface area (Å²) in [6, 6.07) is 40.5. The van der Waals surface area contributed by atoms with E-state index in [-0.39, 0.29) is 10.8 Å². The zero-order chi connectivity index (χ0) is 27.1. The summed E-state index contributed by atoms with van der Waals surface area (Å²) in [6.07, 6.45) is 3.44. The van der Waals surface area contributed by atoms with Gasteiger partial charge in [0.25, 0.3) is 0 Å². The van der Waals surface area contributed by atoms with Crippen molar-refractivity contribution >= 4 is 0 Å². The molecule has 0 aromatic heterocycles. The van der Waals surface area contributed by atoms with E-state index in [4.69, 9.17) is 0 Å². The lowest BCUT2D eigenvalue weighted by molar-refractivity contribution is 0.150. The second-order valence-corrected chi connectivity index (χ2v) is 11.4. The van der Waals surface area contributed by atoms with Crippen molar-refractivity contribution in [2.24, 2.45) is 0 Å². The third-order valence-corrected chi connectivity index (χ3v) is 9.31. The van der Waals surface area contributed by atoms with Crippen molar-refractivity contribution in [2.45, 2.75) is 50.9 Å². The molecule has 0 aliphatic carbocycles. The van der Waals surface area contributed by atoms with Crippen LogP contribution in [0.1, 0.15) is 59.6 Å². The van der Waals surface area contributed by atoms with Crippen LogP contribution < -0.4 is 5.32 Å². The minimum absolute atomic E-state index is 0.198. The van der Waals surface area contributed by atoms with E-state index in [0.29, 0.717) is 0 Å². The van der Waals surface area contributed by atoms with E-state index in [0.717, 1.165) is 39.1 Å². The van der Waals surface area contributed by atoms with Crippen molar-refractivity contribution in [3.05, 3.63) is 143 Å². The standard InChI is InChI=1S/C37H44N2/c1-4-38-29-36(32-16-8-5-9-17-32)23-26-39(27-24-36)28-25-37(33-18-10-6-11-19-33,34-20-12-7-13-21-34)35-22-14-15-30(2)31(35)3/h5-22,38H,4,23-29H2,1-3H3. The average Bonchev–Trinajstić information content (AvgIpc) is 3.00. The molecular formula is C37H44N2. The molecule has 0 unspecified atom stereocenters. The van der Waals surface area contributed by atoms with Crippen molar-refractivity contribution in [1.82, 2.24) is 10.2 Å². The highest BCUT2D eigenvalue weighted by atomic mass is 15.1. The first kappa shape index (κ1) is 27.4. The molecule has 1 N–H and O–H groups in total. The molecule has 1 fully saturated rings. The van der Waals surface area contributed by atoms with Gasteiger partial charge in [-0.2, -0.15) is 0 Å². The van der Waals surface area contributed by atoms with E-state index in [9.17, 15) is 0 Å². The number of nitrogens with one attached hydrogen (secondary N) is 1. The molecule has 1 heterocycles. The third-order valence-electron chi connectivity index (χ3n) is 9.31. The van der Waals surface area contributed by atoms with Crippen LogP contribution in [0.4, 0.5) is 0 Å². The lowest BCUT2D eigenvalue weighted by Gasteiger charge is -2.44. The average molecular weight is 517 g/mol. The number of likely N-dealkylation sites (N-methyl/N-ethyl adjacent to an activating group) is 1. The van der Waals surface area contributed by atoms with Crippen LogP contribution in [0.15, 0.2) is 109 Å². The van der Waals surface area contributed by atoms with Crippen LogP contribution >= 0.6 is 0 Å². The van der Waals surface area contributed by atoms with Gasteiger partial charge in [-0.15, -0.1) is 0 Å². The summed E-state index contributed by atoms with van der Waals surface area (Å²) in [5.41, 5.74) is 8.47. The van der Waals surface area contributed by atoms with E-state index in [1.165, 1.54) is 46.2 Å². The third kappa shape index (κ3) is 5.60. The lowest BCUT2D eigenvalue weighted by Crippen LogP contribution is -2.49. The van der Waals surface area contributed by atoms with Crippen molar-refractivity contribution < 1.29 is 0 Å². The molecule has 1 aliphatic heterocycles.